The Labute approximate surface area is 155 Å². The van der Waals surface area contributed by atoms with Crippen molar-refractivity contribution >= 4 is 23.2 Å². The zero-order valence-electron chi connectivity index (χ0n) is 13.9. The van der Waals surface area contributed by atoms with Crippen molar-refractivity contribution in [2.24, 2.45) is 0 Å². The third-order valence-electron chi connectivity index (χ3n) is 3.54. The molecule has 0 aliphatic carbocycles. The van der Waals surface area contributed by atoms with Gasteiger partial charge in [-0.15, -0.1) is 0 Å². The van der Waals surface area contributed by atoms with E-state index < -0.39 is 29.3 Å². The van der Waals surface area contributed by atoms with Crippen molar-refractivity contribution in [3.05, 3.63) is 77.6 Å². The Hall–Kier alpha value is -3.56. The number of carbonyl (C=O) groups is 1. The molecule has 0 aliphatic rings. The van der Waals surface area contributed by atoms with E-state index in [0.717, 1.165) is 36.4 Å². The van der Waals surface area contributed by atoms with Gasteiger partial charge in [0, 0.05) is 18.0 Å². The van der Waals surface area contributed by atoms with Crippen LogP contribution in [0.2, 0.25) is 0 Å². The highest BCUT2D eigenvalue weighted by atomic mass is 19.4. The molecule has 3 rings (SSSR count). The van der Waals surface area contributed by atoms with E-state index >= 15 is 0 Å². The third kappa shape index (κ3) is 4.58. The van der Waals surface area contributed by atoms with Crippen molar-refractivity contribution in [1.82, 2.24) is 9.97 Å². The third-order valence-corrected chi connectivity index (χ3v) is 3.54. The second-order valence-electron chi connectivity index (χ2n) is 5.54. The largest absolute Gasteiger partial charge is 0.416 e. The summed E-state index contributed by atoms with van der Waals surface area (Å²) < 4.78 is 64.3. The highest BCUT2D eigenvalue weighted by Gasteiger charge is 2.30. The van der Waals surface area contributed by atoms with Crippen LogP contribution in [0.5, 0.6) is 0 Å². The molecule has 1 amide bonds. The minimum absolute atomic E-state index is 0.0957. The Morgan fingerprint density at radius 1 is 0.964 bits per heavy atom. The lowest BCUT2D eigenvalue weighted by Gasteiger charge is -2.09. The molecule has 0 atom stereocenters. The van der Waals surface area contributed by atoms with E-state index in [2.05, 4.69) is 20.6 Å². The summed E-state index contributed by atoms with van der Waals surface area (Å²) in [6.45, 7) is 0. The number of anilines is 3. The van der Waals surface area contributed by atoms with Crippen LogP contribution in [0.1, 0.15) is 16.1 Å². The lowest BCUT2D eigenvalue weighted by atomic mass is 10.2. The molecule has 1 heterocycles. The van der Waals surface area contributed by atoms with Gasteiger partial charge in [0.25, 0.3) is 5.91 Å². The summed E-state index contributed by atoms with van der Waals surface area (Å²) in [7, 11) is 0. The van der Waals surface area contributed by atoms with E-state index in [1.807, 2.05) is 0 Å². The number of alkyl halides is 3. The molecule has 144 valence electrons. The van der Waals surface area contributed by atoms with E-state index in [0.29, 0.717) is 6.07 Å². The average molecular weight is 394 g/mol. The molecule has 0 fully saturated rings. The van der Waals surface area contributed by atoms with Gasteiger partial charge in [0.05, 0.1) is 11.3 Å². The number of nitrogens with zero attached hydrogens (tertiary/aromatic N) is 2. The highest BCUT2D eigenvalue weighted by Crippen LogP contribution is 2.29. The van der Waals surface area contributed by atoms with Crippen LogP contribution in [0.15, 0.2) is 54.7 Å². The van der Waals surface area contributed by atoms with Crippen molar-refractivity contribution in [2.45, 2.75) is 6.18 Å². The second kappa shape index (κ2) is 7.59. The summed E-state index contributed by atoms with van der Waals surface area (Å²) in [5.41, 5.74) is -0.919. The molecule has 2 aromatic carbocycles. The minimum atomic E-state index is -4.48. The number of halogens is 5. The van der Waals surface area contributed by atoms with Crippen LogP contribution in [0, 0.1) is 11.6 Å². The maximum absolute atomic E-state index is 13.7. The summed E-state index contributed by atoms with van der Waals surface area (Å²) >= 11 is 0. The first-order valence-electron chi connectivity index (χ1n) is 7.76. The topological polar surface area (TPSA) is 66.9 Å². The number of hydrogen-bond acceptors (Lipinski definition) is 4. The first-order valence-corrected chi connectivity index (χ1v) is 7.76. The minimum Gasteiger partial charge on any atom is -0.322 e. The molecule has 3 aromatic rings. The van der Waals surface area contributed by atoms with Crippen LogP contribution in [0.25, 0.3) is 0 Å². The Kier molecular flexibility index (Phi) is 5.21. The molecule has 0 spiro atoms. The van der Waals surface area contributed by atoms with Gasteiger partial charge in [-0.1, -0.05) is 0 Å². The van der Waals surface area contributed by atoms with Crippen LogP contribution >= 0.6 is 0 Å². The first kappa shape index (κ1) is 19.2. The Morgan fingerprint density at radius 2 is 1.68 bits per heavy atom. The van der Waals surface area contributed by atoms with Gasteiger partial charge < -0.3 is 10.6 Å². The lowest BCUT2D eigenvalue weighted by molar-refractivity contribution is -0.137. The Morgan fingerprint density at radius 3 is 2.32 bits per heavy atom. The molecule has 0 bridgehead atoms. The maximum atomic E-state index is 13.7. The van der Waals surface area contributed by atoms with Gasteiger partial charge in [0.15, 0.2) is 0 Å². The second-order valence-corrected chi connectivity index (χ2v) is 5.54. The van der Waals surface area contributed by atoms with E-state index in [1.54, 1.807) is 0 Å². The summed E-state index contributed by atoms with van der Waals surface area (Å²) in [5.74, 6) is -2.45. The number of carbonyl (C=O) groups excluding carboxylic acids is 1. The summed E-state index contributed by atoms with van der Waals surface area (Å²) in [6.07, 6.45) is -3.25. The molecule has 0 saturated carbocycles. The zero-order valence-corrected chi connectivity index (χ0v) is 13.9. The SMILES string of the molecule is O=C(Nc1ccc(C(F)(F)F)cc1)c1ccnc(Nc2ccc(F)cc2F)n1. The molecule has 1 aromatic heterocycles. The van der Waals surface area contributed by atoms with Gasteiger partial charge in [-0.3, -0.25) is 4.79 Å². The van der Waals surface area contributed by atoms with Crippen LogP contribution in [0.4, 0.5) is 39.3 Å². The van der Waals surface area contributed by atoms with Crippen molar-refractivity contribution in [3.63, 3.8) is 0 Å². The quantitative estimate of drug-likeness (QED) is 0.626. The summed E-state index contributed by atoms with van der Waals surface area (Å²) in [5, 5.41) is 4.91. The summed E-state index contributed by atoms with van der Waals surface area (Å²) in [4.78, 5) is 20.0. The molecule has 10 heteroatoms. The van der Waals surface area contributed by atoms with Gasteiger partial charge in [-0.05, 0) is 42.5 Å². The number of nitrogens with one attached hydrogen (secondary N) is 2. The predicted octanol–water partition coefficient (Wildman–Crippen LogP) is 4.77. The number of amides is 1. The van der Waals surface area contributed by atoms with Gasteiger partial charge >= 0.3 is 6.18 Å². The first-order chi connectivity index (χ1) is 13.2. The molecular formula is C18H11F5N4O. The van der Waals surface area contributed by atoms with E-state index in [9.17, 15) is 26.7 Å². The van der Waals surface area contributed by atoms with Crippen molar-refractivity contribution in [2.75, 3.05) is 10.6 Å². The highest BCUT2D eigenvalue weighted by molar-refractivity contribution is 6.03. The number of hydrogen-bond donors (Lipinski definition) is 2. The Bertz CT molecular complexity index is 1010. The molecular weight excluding hydrogens is 383 g/mol. The number of benzene rings is 2. The molecule has 0 unspecified atom stereocenters. The molecule has 0 radical (unpaired) electrons. The van der Waals surface area contributed by atoms with E-state index in [4.69, 9.17) is 0 Å². The molecule has 0 aliphatic heterocycles. The molecule has 0 saturated heterocycles. The van der Waals surface area contributed by atoms with Gasteiger partial charge in [0.1, 0.15) is 17.3 Å². The van der Waals surface area contributed by atoms with Gasteiger partial charge in [0.2, 0.25) is 5.95 Å². The standard InChI is InChI=1S/C18H11F5N4O/c19-11-3-6-14(13(20)9-11)26-17-24-8-7-15(27-17)16(28)25-12-4-1-10(2-5-12)18(21,22)23/h1-9H,(H,25,28)(H,24,26,27). The van der Waals surface area contributed by atoms with E-state index in [-0.39, 0.29) is 23.0 Å². The molecule has 28 heavy (non-hydrogen) atoms. The van der Waals surface area contributed by atoms with Crippen LogP contribution in [-0.2, 0) is 6.18 Å². The van der Waals surface area contributed by atoms with Crippen LogP contribution in [0.3, 0.4) is 0 Å². The van der Waals surface area contributed by atoms with Crippen LogP contribution < -0.4 is 10.6 Å². The van der Waals surface area contributed by atoms with Crippen LogP contribution in [-0.4, -0.2) is 15.9 Å². The summed E-state index contributed by atoms with van der Waals surface area (Å²) in [6, 6.07) is 7.99. The number of aromatic nitrogens is 2. The fourth-order valence-electron chi connectivity index (χ4n) is 2.19. The van der Waals surface area contributed by atoms with Gasteiger partial charge in [-0.25, -0.2) is 18.7 Å². The monoisotopic (exact) mass is 394 g/mol. The smallest absolute Gasteiger partial charge is 0.322 e. The molecule has 2 N–H and O–H groups in total. The van der Waals surface area contributed by atoms with Crippen molar-refractivity contribution in [1.29, 1.82) is 0 Å². The maximum Gasteiger partial charge on any atom is 0.416 e. The Balaban J connectivity index is 1.73. The van der Waals surface area contributed by atoms with Gasteiger partial charge in [-0.2, -0.15) is 13.2 Å². The predicted molar refractivity (Wildman–Crippen MR) is 91.1 cm³/mol. The van der Waals surface area contributed by atoms with Crippen molar-refractivity contribution < 1.29 is 26.7 Å². The van der Waals surface area contributed by atoms with E-state index in [1.165, 1.54) is 12.3 Å². The lowest BCUT2D eigenvalue weighted by Crippen LogP contribution is -2.15. The molecule has 5 nitrogen and oxygen atoms in total. The number of rotatable bonds is 4. The fourth-order valence-corrected chi connectivity index (χ4v) is 2.19. The van der Waals surface area contributed by atoms with Crippen molar-refractivity contribution in [3.8, 4) is 0 Å². The normalized spacial score (nSPS) is 11.2. The fraction of sp³-hybridized carbons (Fsp3) is 0.0556. The zero-order chi connectivity index (χ0) is 20.3. The average Bonchev–Trinajstić information content (AvgIpc) is 2.64.